The number of esters is 1. The Morgan fingerprint density at radius 2 is 1.65 bits per heavy atom. The third-order valence-corrected chi connectivity index (χ3v) is 4.02. The molecule has 2 rings (SSSR count). The molecule has 0 aliphatic heterocycles. The maximum atomic E-state index is 12.3. The van der Waals surface area contributed by atoms with Crippen molar-refractivity contribution in [2.45, 2.75) is 39.0 Å². The zero-order valence-electron chi connectivity index (χ0n) is 14.8. The summed E-state index contributed by atoms with van der Waals surface area (Å²) >= 11 is 3.37. The van der Waals surface area contributed by atoms with E-state index in [-0.39, 0.29) is 12.7 Å². The smallest absolute Gasteiger partial charge is 0.408 e. The van der Waals surface area contributed by atoms with Gasteiger partial charge in [-0.05, 0) is 37.1 Å². The predicted octanol–water partition coefficient (Wildman–Crippen LogP) is 4.24. The van der Waals surface area contributed by atoms with Gasteiger partial charge in [0.25, 0.3) is 0 Å². The zero-order chi connectivity index (χ0) is 18.9. The number of rotatable bonds is 7. The Morgan fingerprint density at radius 3 is 2.27 bits per heavy atom. The lowest BCUT2D eigenvalue weighted by Crippen LogP contribution is -2.44. The normalized spacial score (nSPS) is 11.7. The molecule has 2 aromatic rings. The minimum atomic E-state index is -0.818. The number of hydrogen-bond acceptors (Lipinski definition) is 4. The fourth-order valence-electron chi connectivity index (χ4n) is 2.27. The summed E-state index contributed by atoms with van der Waals surface area (Å²) in [5.74, 6) is -0.487. The highest BCUT2D eigenvalue weighted by molar-refractivity contribution is 9.10. The van der Waals surface area contributed by atoms with Crippen molar-refractivity contribution in [2.24, 2.45) is 0 Å². The van der Waals surface area contributed by atoms with Crippen LogP contribution in [0.4, 0.5) is 4.79 Å². The molecule has 1 amide bonds. The van der Waals surface area contributed by atoms with E-state index in [4.69, 9.17) is 9.47 Å². The lowest BCUT2D eigenvalue weighted by molar-refractivity contribution is -0.149. The van der Waals surface area contributed by atoms with Crippen LogP contribution in [0.3, 0.4) is 0 Å². The summed E-state index contributed by atoms with van der Waals surface area (Å²) in [6.07, 6.45) is -0.604. The molecular formula is C20H22BrNO4. The summed E-state index contributed by atoms with van der Waals surface area (Å²) in [5, 5.41) is 2.61. The lowest BCUT2D eigenvalue weighted by atomic mass is 10.1. The van der Waals surface area contributed by atoms with Crippen LogP contribution in [0.1, 0.15) is 25.0 Å². The Morgan fingerprint density at radius 1 is 1.00 bits per heavy atom. The van der Waals surface area contributed by atoms with E-state index in [1.54, 1.807) is 13.8 Å². The second kappa shape index (κ2) is 9.97. The molecule has 0 aliphatic carbocycles. The summed E-state index contributed by atoms with van der Waals surface area (Å²) < 4.78 is 11.4. The molecule has 0 fully saturated rings. The van der Waals surface area contributed by atoms with Crippen molar-refractivity contribution in [1.29, 1.82) is 0 Å². The Labute approximate surface area is 161 Å². The number of nitrogens with one attached hydrogen (secondary N) is 1. The highest BCUT2D eigenvalue weighted by Crippen LogP contribution is 2.13. The molecular weight excluding hydrogens is 398 g/mol. The third-order valence-electron chi connectivity index (χ3n) is 3.49. The summed E-state index contributed by atoms with van der Waals surface area (Å²) in [7, 11) is 0. The molecule has 1 N–H and O–H groups in total. The van der Waals surface area contributed by atoms with Gasteiger partial charge in [-0.1, -0.05) is 58.4 Å². The van der Waals surface area contributed by atoms with Gasteiger partial charge in [0, 0.05) is 10.9 Å². The molecule has 0 saturated carbocycles. The summed E-state index contributed by atoms with van der Waals surface area (Å²) in [4.78, 5) is 24.4. The Bertz CT molecular complexity index is 716. The van der Waals surface area contributed by atoms with Crippen LogP contribution in [0.25, 0.3) is 0 Å². The highest BCUT2D eigenvalue weighted by atomic mass is 79.9. The number of benzene rings is 2. The molecule has 138 valence electrons. The third kappa shape index (κ3) is 6.88. The topological polar surface area (TPSA) is 64.6 Å². The molecule has 0 heterocycles. The van der Waals surface area contributed by atoms with Crippen molar-refractivity contribution in [1.82, 2.24) is 5.32 Å². The summed E-state index contributed by atoms with van der Waals surface area (Å²) in [6.45, 7) is 3.67. The second-order valence-corrected chi connectivity index (χ2v) is 6.99. The van der Waals surface area contributed by atoms with Crippen LogP contribution in [0.15, 0.2) is 59.1 Å². The maximum absolute atomic E-state index is 12.3. The van der Waals surface area contributed by atoms with E-state index in [1.807, 2.05) is 54.6 Å². The first-order chi connectivity index (χ1) is 12.4. The first kappa shape index (κ1) is 20.0. The van der Waals surface area contributed by atoms with Crippen molar-refractivity contribution in [3.63, 3.8) is 0 Å². The van der Waals surface area contributed by atoms with Crippen LogP contribution >= 0.6 is 15.9 Å². The molecule has 0 radical (unpaired) electrons. The number of carbonyl (C=O) groups excluding carboxylic acids is 2. The first-order valence-electron chi connectivity index (χ1n) is 8.36. The standard InChI is InChI=1S/C20H22BrNO4/c1-14(2)26-19(23)18(12-15-8-10-17(21)11-9-15)22-20(24)25-13-16-6-4-3-5-7-16/h3-11,14,18H,12-13H2,1-2H3,(H,22,24)/t18-/m0/s1. The van der Waals surface area contributed by atoms with E-state index in [0.717, 1.165) is 15.6 Å². The van der Waals surface area contributed by atoms with Crippen molar-refractivity contribution in [2.75, 3.05) is 0 Å². The van der Waals surface area contributed by atoms with Gasteiger partial charge in [0.15, 0.2) is 0 Å². The zero-order valence-corrected chi connectivity index (χ0v) is 16.4. The first-order valence-corrected chi connectivity index (χ1v) is 9.15. The van der Waals surface area contributed by atoms with Gasteiger partial charge in [0.2, 0.25) is 0 Å². The van der Waals surface area contributed by atoms with E-state index in [0.29, 0.717) is 6.42 Å². The molecule has 0 unspecified atom stereocenters. The van der Waals surface area contributed by atoms with Crippen molar-refractivity contribution in [3.8, 4) is 0 Å². The van der Waals surface area contributed by atoms with Gasteiger partial charge in [0.1, 0.15) is 12.6 Å². The van der Waals surface area contributed by atoms with Gasteiger partial charge < -0.3 is 14.8 Å². The Kier molecular flexibility index (Phi) is 7.66. The van der Waals surface area contributed by atoms with Crippen molar-refractivity contribution < 1.29 is 19.1 Å². The van der Waals surface area contributed by atoms with Gasteiger partial charge in [-0.3, -0.25) is 0 Å². The highest BCUT2D eigenvalue weighted by Gasteiger charge is 2.24. The van der Waals surface area contributed by atoms with Crippen LogP contribution < -0.4 is 5.32 Å². The second-order valence-electron chi connectivity index (χ2n) is 6.07. The largest absolute Gasteiger partial charge is 0.461 e. The quantitative estimate of drug-likeness (QED) is 0.681. The molecule has 26 heavy (non-hydrogen) atoms. The van der Waals surface area contributed by atoms with Crippen LogP contribution in [0, 0.1) is 0 Å². The van der Waals surface area contributed by atoms with Gasteiger partial charge in [0.05, 0.1) is 6.10 Å². The van der Waals surface area contributed by atoms with Crippen LogP contribution in [-0.2, 0) is 27.3 Å². The maximum Gasteiger partial charge on any atom is 0.408 e. The van der Waals surface area contributed by atoms with Crippen molar-refractivity contribution in [3.05, 3.63) is 70.2 Å². The molecule has 6 heteroatoms. The van der Waals surface area contributed by atoms with Gasteiger partial charge >= 0.3 is 12.1 Å². The summed E-state index contributed by atoms with van der Waals surface area (Å²) in [6, 6.07) is 16.1. The number of amides is 1. The fourth-order valence-corrected chi connectivity index (χ4v) is 2.54. The van der Waals surface area contributed by atoms with Crippen LogP contribution in [0.5, 0.6) is 0 Å². The minimum absolute atomic E-state index is 0.136. The number of carbonyl (C=O) groups is 2. The number of alkyl carbamates (subject to hydrolysis) is 1. The van der Waals surface area contributed by atoms with Crippen molar-refractivity contribution >= 4 is 28.0 Å². The number of halogens is 1. The van der Waals surface area contributed by atoms with E-state index in [2.05, 4.69) is 21.2 Å². The molecule has 0 aliphatic rings. The van der Waals surface area contributed by atoms with Gasteiger partial charge in [-0.2, -0.15) is 0 Å². The minimum Gasteiger partial charge on any atom is -0.461 e. The monoisotopic (exact) mass is 419 g/mol. The average molecular weight is 420 g/mol. The van der Waals surface area contributed by atoms with Crippen LogP contribution in [-0.4, -0.2) is 24.2 Å². The number of hydrogen-bond donors (Lipinski definition) is 1. The van der Waals surface area contributed by atoms with E-state index < -0.39 is 18.1 Å². The Hall–Kier alpha value is -2.34. The van der Waals surface area contributed by atoms with E-state index in [1.165, 1.54) is 0 Å². The van der Waals surface area contributed by atoms with Crippen LogP contribution in [0.2, 0.25) is 0 Å². The van der Waals surface area contributed by atoms with Gasteiger partial charge in [-0.15, -0.1) is 0 Å². The number of ether oxygens (including phenoxy) is 2. The Balaban J connectivity index is 1.99. The van der Waals surface area contributed by atoms with E-state index in [9.17, 15) is 9.59 Å². The lowest BCUT2D eigenvalue weighted by Gasteiger charge is -2.19. The van der Waals surface area contributed by atoms with Gasteiger partial charge in [-0.25, -0.2) is 9.59 Å². The molecule has 1 atom stereocenters. The molecule has 2 aromatic carbocycles. The molecule has 0 aromatic heterocycles. The molecule has 0 saturated heterocycles. The molecule has 0 spiro atoms. The predicted molar refractivity (Wildman–Crippen MR) is 103 cm³/mol. The molecule has 0 bridgehead atoms. The average Bonchev–Trinajstić information content (AvgIpc) is 2.61. The fraction of sp³-hybridized carbons (Fsp3) is 0.300. The molecule has 5 nitrogen and oxygen atoms in total. The SMILES string of the molecule is CC(C)OC(=O)[C@H](Cc1ccc(Br)cc1)NC(=O)OCc1ccccc1. The summed E-state index contributed by atoms with van der Waals surface area (Å²) in [5.41, 5.74) is 1.78. The van der Waals surface area contributed by atoms with E-state index >= 15 is 0 Å².